The first-order chi connectivity index (χ1) is 19.9. The van der Waals surface area contributed by atoms with Crippen molar-refractivity contribution in [2.45, 2.75) is 76.7 Å². The highest BCUT2D eigenvalue weighted by molar-refractivity contribution is 5.84. The normalized spacial score (nSPS) is 21.3. The van der Waals surface area contributed by atoms with Gasteiger partial charge in [-0.05, 0) is 31.7 Å². The van der Waals surface area contributed by atoms with E-state index in [4.69, 9.17) is 24.0 Å². The Morgan fingerprint density at radius 3 is 2.56 bits per heavy atom. The minimum atomic E-state index is -1.30. The van der Waals surface area contributed by atoms with Crippen molar-refractivity contribution in [3.8, 4) is 0 Å². The molecule has 4 N–H and O–H groups in total. The van der Waals surface area contributed by atoms with E-state index in [2.05, 4.69) is 39.6 Å². The average molecular weight is 567 g/mol. The molecular weight excluding hydrogens is 532 g/mol. The molecule has 14 nitrogen and oxygen atoms in total. The van der Waals surface area contributed by atoms with Crippen molar-refractivity contribution in [2.75, 3.05) is 17.2 Å². The van der Waals surface area contributed by atoms with E-state index in [1.165, 1.54) is 6.33 Å². The average Bonchev–Trinajstić information content (AvgIpc) is 3.69. The van der Waals surface area contributed by atoms with E-state index in [0.717, 1.165) is 18.4 Å². The van der Waals surface area contributed by atoms with Gasteiger partial charge in [0.05, 0.1) is 19.0 Å². The molecule has 1 aliphatic rings. The van der Waals surface area contributed by atoms with E-state index in [1.54, 1.807) is 11.5 Å². The molecule has 1 aromatic carbocycles. The Hall–Kier alpha value is -4.14. The summed E-state index contributed by atoms with van der Waals surface area (Å²) in [5.41, 5.74) is 1.88. The molecule has 0 amide bonds. The lowest BCUT2D eigenvalue weighted by molar-refractivity contribution is -0.142. The number of anilines is 2. The second-order valence-corrected chi connectivity index (χ2v) is 9.91. The topological polar surface area (TPSA) is 183 Å². The molecule has 0 saturated carbocycles. The quantitative estimate of drug-likeness (QED) is 0.173. The number of ether oxygens (including phenoxy) is 2. The number of aliphatic hydroxyl groups is 2. The van der Waals surface area contributed by atoms with E-state index in [9.17, 15) is 15.0 Å². The molecule has 1 aliphatic heterocycles. The molecule has 0 radical (unpaired) electrons. The van der Waals surface area contributed by atoms with Crippen LogP contribution in [0.15, 0.2) is 41.2 Å². The summed E-state index contributed by atoms with van der Waals surface area (Å²) in [6.07, 6.45) is -0.718. The third kappa shape index (κ3) is 5.99. The van der Waals surface area contributed by atoms with Crippen LogP contribution in [0.3, 0.4) is 0 Å². The first-order valence-corrected chi connectivity index (χ1v) is 13.6. The number of hydrogen-bond donors (Lipinski definition) is 4. The molecule has 5 atom stereocenters. The van der Waals surface area contributed by atoms with Crippen LogP contribution >= 0.6 is 0 Å². The number of aromatic nitrogens is 6. The lowest BCUT2D eigenvalue weighted by Crippen LogP contribution is -2.32. The zero-order chi connectivity index (χ0) is 28.9. The standard InChI is InChI=1S/C27H34N8O6/c1-4-17(5-2)30-23-19-24(33-27(32-23)31-18(12-36)11-16-9-7-6-8-10-16)35(13-28-19)26-22(39-14-37)20(38)21(40-26)25-29-15(3)34-41-25/h6-10,13-14,17-18,20-22,26,36,38H,4-5,11-12H2,1-3H3,(H2,30,31,32,33)/t18-,20+,21-,22+,26+/m0/s1. The van der Waals surface area contributed by atoms with Crippen molar-refractivity contribution in [3.05, 3.63) is 53.9 Å². The van der Waals surface area contributed by atoms with Gasteiger partial charge in [0.1, 0.15) is 6.10 Å². The van der Waals surface area contributed by atoms with Gasteiger partial charge in [-0.1, -0.05) is 49.3 Å². The van der Waals surface area contributed by atoms with Crippen LogP contribution in [0, 0.1) is 6.92 Å². The highest BCUT2D eigenvalue weighted by Crippen LogP contribution is 2.41. The zero-order valence-electron chi connectivity index (χ0n) is 23.0. The Balaban J connectivity index is 1.53. The third-order valence-corrected chi connectivity index (χ3v) is 7.11. The third-order valence-electron chi connectivity index (χ3n) is 7.11. The van der Waals surface area contributed by atoms with E-state index in [1.807, 2.05) is 30.3 Å². The van der Waals surface area contributed by atoms with Crippen LogP contribution in [0.4, 0.5) is 11.8 Å². The maximum atomic E-state index is 11.4. The number of nitrogens with zero attached hydrogens (tertiary/aromatic N) is 6. The molecule has 3 aromatic heterocycles. The van der Waals surface area contributed by atoms with Gasteiger partial charge >= 0.3 is 0 Å². The number of carbonyl (C=O) groups excluding carboxylic acids is 1. The molecule has 218 valence electrons. The summed E-state index contributed by atoms with van der Waals surface area (Å²) in [5, 5.41) is 31.6. The van der Waals surface area contributed by atoms with Crippen LogP contribution in [-0.4, -0.2) is 77.2 Å². The van der Waals surface area contributed by atoms with Gasteiger partial charge in [-0.25, -0.2) is 4.98 Å². The fourth-order valence-electron chi connectivity index (χ4n) is 4.91. The lowest BCUT2D eigenvalue weighted by atomic mass is 10.1. The summed E-state index contributed by atoms with van der Waals surface area (Å²) < 4.78 is 18.2. The summed E-state index contributed by atoms with van der Waals surface area (Å²) in [7, 11) is 0. The van der Waals surface area contributed by atoms with Crippen LogP contribution in [0.2, 0.25) is 0 Å². The molecule has 0 bridgehead atoms. The number of nitrogens with one attached hydrogen (secondary N) is 2. The fraction of sp³-hybridized carbons (Fsp3) is 0.481. The Bertz CT molecular complexity index is 1440. The number of imidazole rings is 1. The number of fused-ring (bicyclic) bond motifs is 1. The van der Waals surface area contributed by atoms with Gasteiger partial charge in [0.25, 0.3) is 12.4 Å². The van der Waals surface area contributed by atoms with Gasteiger partial charge in [-0.2, -0.15) is 15.0 Å². The summed E-state index contributed by atoms with van der Waals surface area (Å²) in [6.45, 7) is 5.90. The van der Waals surface area contributed by atoms with Crippen molar-refractivity contribution in [1.29, 1.82) is 0 Å². The highest BCUT2D eigenvalue weighted by Gasteiger charge is 2.50. The second-order valence-electron chi connectivity index (χ2n) is 9.91. The minimum absolute atomic E-state index is 0.0567. The van der Waals surface area contributed by atoms with Crippen LogP contribution < -0.4 is 10.6 Å². The van der Waals surface area contributed by atoms with Gasteiger partial charge < -0.3 is 34.8 Å². The number of carbonyl (C=O) groups is 1. The zero-order valence-corrected chi connectivity index (χ0v) is 23.0. The van der Waals surface area contributed by atoms with E-state index >= 15 is 0 Å². The highest BCUT2D eigenvalue weighted by atomic mass is 16.6. The summed E-state index contributed by atoms with van der Waals surface area (Å²) in [6, 6.07) is 9.56. The molecule has 4 aromatic rings. The SMILES string of the molecule is CCC(CC)Nc1nc(N[C@H](CO)Cc2ccccc2)nc2c1ncn2[C@@H]1O[C@H](c2nc(C)no2)[C@@H](O)[C@H]1OC=O. The number of rotatable bonds is 13. The molecule has 5 rings (SSSR count). The van der Waals surface area contributed by atoms with Gasteiger partial charge in [0.2, 0.25) is 5.95 Å². The van der Waals surface area contributed by atoms with Crippen LogP contribution in [0.25, 0.3) is 11.2 Å². The number of aryl methyl sites for hydroxylation is 1. The van der Waals surface area contributed by atoms with Crippen molar-refractivity contribution in [3.63, 3.8) is 0 Å². The predicted molar refractivity (Wildman–Crippen MR) is 147 cm³/mol. The van der Waals surface area contributed by atoms with E-state index in [0.29, 0.717) is 29.2 Å². The number of benzene rings is 1. The number of aliphatic hydroxyl groups excluding tert-OH is 2. The first-order valence-electron chi connectivity index (χ1n) is 13.6. The molecule has 4 heterocycles. The molecule has 1 fully saturated rings. The Labute approximate surface area is 236 Å². The smallest absolute Gasteiger partial charge is 0.293 e. The fourth-order valence-corrected chi connectivity index (χ4v) is 4.91. The molecule has 0 aliphatic carbocycles. The van der Waals surface area contributed by atoms with Crippen LogP contribution in [0.5, 0.6) is 0 Å². The van der Waals surface area contributed by atoms with E-state index in [-0.39, 0.29) is 37.0 Å². The molecule has 41 heavy (non-hydrogen) atoms. The molecule has 1 saturated heterocycles. The van der Waals surface area contributed by atoms with Gasteiger partial charge in [0.15, 0.2) is 41.2 Å². The van der Waals surface area contributed by atoms with Gasteiger partial charge in [0, 0.05) is 6.04 Å². The Kier molecular flexibility index (Phi) is 8.71. The second kappa shape index (κ2) is 12.6. The van der Waals surface area contributed by atoms with Crippen LogP contribution in [-0.2, 0) is 20.7 Å². The first kappa shape index (κ1) is 28.4. The maximum Gasteiger partial charge on any atom is 0.293 e. The summed E-state index contributed by atoms with van der Waals surface area (Å²) in [4.78, 5) is 29.6. The minimum Gasteiger partial charge on any atom is -0.457 e. The van der Waals surface area contributed by atoms with Crippen molar-refractivity contribution in [2.24, 2.45) is 0 Å². The van der Waals surface area contributed by atoms with Crippen molar-refractivity contribution in [1.82, 2.24) is 29.7 Å². The maximum absolute atomic E-state index is 11.4. The van der Waals surface area contributed by atoms with Gasteiger partial charge in [-0.3, -0.25) is 9.36 Å². The van der Waals surface area contributed by atoms with Crippen molar-refractivity contribution < 1.29 is 29.0 Å². The van der Waals surface area contributed by atoms with Crippen molar-refractivity contribution >= 4 is 29.4 Å². The Morgan fingerprint density at radius 2 is 1.90 bits per heavy atom. The lowest BCUT2D eigenvalue weighted by Gasteiger charge is -2.21. The van der Waals surface area contributed by atoms with Crippen LogP contribution in [0.1, 0.15) is 56.3 Å². The summed E-state index contributed by atoms with van der Waals surface area (Å²) >= 11 is 0. The molecule has 14 heteroatoms. The largest absolute Gasteiger partial charge is 0.457 e. The van der Waals surface area contributed by atoms with Gasteiger partial charge in [-0.15, -0.1) is 0 Å². The van der Waals surface area contributed by atoms with E-state index < -0.39 is 24.5 Å². The predicted octanol–water partition coefficient (Wildman–Crippen LogP) is 2.31. The molecular formula is C27H34N8O6. The monoisotopic (exact) mass is 566 g/mol. The number of hydrogen-bond acceptors (Lipinski definition) is 13. The molecule has 0 unspecified atom stereocenters. The summed E-state index contributed by atoms with van der Waals surface area (Å²) in [5.74, 6) is 1.19. The Morgan fingerprint density at radius 1 is 1.12 bits per heavy atom. The molecule has 0 spiro atoms.